The Kier molecular flexibility index (Phi) is 4.46. The molecule has 4 nitrogen and oxygen atoms in total. The van der Waals surface area contributed by atoms with Gasteiger partial charge in [0.2, 0.25) is 0 Å². The van der Waals surface area contributed by atoms with Gasteiger partial charge in [-0.3, -0.25) is 0 Å². The summed E-state index contributed by atoms with van der Waals surface area (Å²) in [5.41, 5.74) is -0.897. The average Bonchev–Trinajstić information content (AvgIpc) is 3.08. The van der Waals surface area contributed by atoms with E-state index in [1.807, 2.05) is 20.8 Å². The normalized spacial score (nSPS) is 16.2. The topological polar surface area (TPSA) is 47.6 Å². The number of benzene rings is 1. The maximum atomic E-state index is 13.1. The van der Waals surface area contributed by atoms with Crippen molar-refractivity contribution in [2.75, 3.05) is 6.61 Å². The number of rotatable bonds is 4. The number of carbonyl (C=O) groups excluding carboxylic acids is 1. The second-order valence-electron chi connectivity index (χ2n) is 6.27. The molecule has 1 aliphatic carbocycles. The summed E-state index contributed by atoms with van der Waals surface area (Å²) in [6, 6.07) is 4.46. The Hall–Kier alpha value is -1.30. The van der Waals surface area contributed by atoms with E-state index in [9.17, 15) is 9.18 Å². The number of carbonyl (C=O) groups is 1. The standard InChI is InChI=1S/C15H19BrFNO3/c1-14(2,3)21-13(19)18-15(6-7-15)9-20-10-4-5-12(17)11(16)8-10/h4-5,8H,6-7,9H2,1-3H3,(H,18,19). The van der Waals surface area contributed by atoms with Crippen LogP contribution in [0.3, 0.4) is 0 Å². The van der Waals surface area contributed by atoms with Gasteiger partial charge in [-0.05, 0) is 67.7 Å². The van der Waals surface area contributed by atoms with E-state index < -0.39 is 11.7 Å². The van der Waals surface area contributed by atoms with Gasteiger partial charge in [-0.1, -0.05) is 0 Å². The number of alkyl carbamates (subject to hydrolysis) is 1. The van der Waals surface area contributed by atoms with Crippen LogP contribution in [0.2, 0.25) is 0 Å². The van der Waals surface area contributed by atoms with E-state index in [1.54, 1.807) is 12.1 Å². The predicted molar refractivity (Wildman–Crippen MR) is 80.9 cm³/mol. The van der Waals surface area contributed by atoms with Crippen LogP contribution in [-0.4, -0.2) is 23.8 Å². The van der Waals surface area contributed by atoms with E-state index in [0.717, 1.165) is 12.8 Å². The Morgan fingerprint density at radius 2 is 2.10 bits per heavy atom. The van der Waals surface area contributed by atoms with E-state index in [4.69, 9.17) is 9.47 Å². The fourth-order valence-corrected chi connectivity index (χ4v) is 2.12. The average molecular weight is 360 g/mol. The van der Waals surface area contributed by atoms with E-state index >= 15 is 0 Å². The molecule has 0 spiro atoms. The molecule has 1 aromatic rings. The van der Waals surface area contributed by atoms with Gasteiger partial charge in [-0.2, -0.15) is 0 Å². The number of hydrogen-bond acceptors (Lipinski definition) is 3. The number of halogens is 2. The van der Waals surface area contributed by atoms with Gasteiger partial charge in [0.05, 0.1) is 10.0 Å². The highest BCUT2D eigenvalue weighted by atomic mass is 79.9. The van der Waals surface area contributed by atoms with Gasteiger partial charge in [0, 0.05) is 0 Å². The molecule has 1 saturated carbocycles. The first-order valence-electron chi connectivity index (χ1n) is 6.78. The molecule has 1 fully saturated rings. The third kappa shape index (κ3) is 4.88. The van der Waals surface area contributed by atoms with E-state index in [-0.39, 0.29) is 11.4 Å². The lowest BCUT2D eigenvalue weighted by Gasteiger charge is -2.23. The molecule has 0 radical (unpaired) electrons. The summed E-state index contributed by atoms with van der Waals surface area (Å²) in [6.45, 7) is 5.79. The van der Waals surface area contributed by atoms with Crippen molar-refractivity contribution in [3.63, 3.8) is 0 Å². The summed E-state index contributed by atoms with van der Waals surface area (Å²) in [6.07, 6.45) is 1.24. The second kappa shape index (κ2) is 5.83. The highest BCUT2D eigenvalue weighted by molar-refractivity contribution is 9.10. The Labute approximate surface area is 132 Å². The van der Waals surface area contributed by atoms with Crippen molar-refractivity contribution in [2.45, 2.75) is 44.8 Å². The lowest BCUT2D eigenvalue weighted by atomic mass is 10.2. The Morgan fingerprint density at radius 3 is 2.62 bits per heavy atom. The third-order valence-corrected chi connectivity index (χ3v) is 3.63. The van der Waals surface area contributed by atoms with Crippen LogP contribution in [0.4, 0.5) is 9.18 Å². The molecule has 0 saturated heterocycles. The van der Waals surface area contributed by atoms with E-state index in [0.29, 0.717) is 16.8 Å². The first kappa shape index (κ1) is 16.1. The molecule has 1 aromatic carbocycles. The first-order chi connectivity index (χ1) is 9.69. The number of amides is 1. The Bertz CT molecular complexity index is 538. The van der Waals surface area contributed by atoms with Crippen molar-refractivity contribution in [3.05, 3.63) is 28.5 Å². The van der Waals surface area contributed by atoms with Gasteiger partial charge in [0.15, 0.2) is 0 Å². The van der Waals surface area contributed by atoms with Crippen LogP contribution in [0.25, 0.3) is 0 Å². The van der Waals surface area contributed by atoms with Crippen molar-refractivity contribution < 1.29 is 18.7 Å². The molecule has 116 valence electrons. The predicted octanol–water partition coefficient (Wildman–Crippen LogP) is 4.02. The molecular formula is C15H19BrFNO3. The lowest BCUT2D eigenvalue weighted by molar-refractivity contribution is 0.0477. The molecule has 6 heteroatoms. The summed E-state index contributed by atoms with van der Waals surface area (Å²) in [5.74, 6) is 0.218. The highest BCUT2D eigenvalue weighted by Crippen LogP contribution is 2.36. The van der Waals surface area contributed by atoms with Gasteiger partial charge in [0.1, 0.15) is 23.8 Å². The maximum absolute atomic E-state index is 13.1. The summed E-state index contributed by atoms with van der Waals surface area (Å²) >= 11 is 3.11. The fourth-order valence-electron chi connectivity index (χ4n) is 1.76. The number of ether oxygens (including phenoxy) is 2. The molecule has 0 atom stereocenters. The fraction of sp³-hybridized carbons (Fsp3) is 0.533. The molecule has 0 aromatic heterocycles. The molecule has 0 unspecified atom stereocenters. The zero-order chi connectivity index (χ0) is 15.7. The molecule has 0 aliphatic heterocycles. The number of hydrogen-bond donors (Lipinski definition) is 1. The molecule has 1 aliphatic rings. The SMILES string of the molecule is CC(C)(C)OC(=O)NC1(COc2ccc(F)c(Br)c2)CC1. The van der Waals surface area contributed by atoms with Crippen molar-refractivity contribution in [1.82, 2.24) is 5.32 Å². The Balaban J connectivity index is 1.87. The molecular weight excluding hydrogens is 341 g/mol. The molecule has 21 heavy (non-hydrogen) atoms. The van der Waals surface area contributed by atoms with Crippen LogP contribution in [0.5, 0.6) is 5.75 Å². The van der Waals surface area contributed by atoms with E-state index in [1.165, 1.54) is 6.07 Å². The Morgan fingerprint density at radius 1 is 1.43 bits per heavy atom. The largest absolute Gasteiger partial charge is 0.491 e. The van der Waals surface area contributed by atoms with Gasteiger partial charge >= 0.3 is 6.09 Å². The lowest BCUT2D eigenvalue weighted by Crippen LogP contribution is -2.44. The zero-order valence-electron chi connectivity index (χ0n) is 12.3. The van der Waals surface area contributed by atoms with Crippen molar-refractivity contribution in [3.8, 4) is 5.75 Å². The van der Waals surface area contributed by atoms with Crippen molar-refractivity contribution >= 4 is 22.0 Å². The van der Waals surface area contributed by atoms with Gasteiger partial charge in [-0.15, -0.1) is 0 Å². The maximum Gasteiger partial charge on any atom is 0.408 e. The minimum absolute atomic E-state index is 0.338. The summed E-state index contributed by atoms with van der Waals surface area (Å²) in [5, 5.41) is 2.85. The number of nitrogens with one attached hydrogen (secondary N) is 1. The minimum atomic E-state index is -0.525. The minimum Gasteiger partial charge on any atom is -0.491 e. The van der Waals surface area contributed by atoms with Crippen molar-refractivity contribution in [1.29, 1.82) is 0 Å². The smallest absolute Gasteiger partial charge is 0.408 e. The van der Waals surface area contributed by atoms with Crippen LogP contribution in [0.15, 0.2) is 22.7 Å². The van der Waals surface area contributed by atoms with Gasteiger partial charge < -0.3 is 14.8 Å². The zero-order valence-corrected chi connectivity index (χ0v) is 13.9. The molecule has 0 bridgehead atoms. The summed E-state index contributed by atoms with van der Waals surface area (Å²) < 4.78 is 24.4. The molecule has 2 rings (SSSR count). The second-order valence-corrected chi connectivity index (χ2v) is 7.13. The highest BCUT2D eigenvalue weighted by Gasteiger charge is 2.46. The summed E-state index contributed by atoms with van der Waals surface area (Å²) in [4.78, 5) is 11.8. The monoisotopic (exact) mass is 359 g/mol. The molecule has 1 amide bonds. The summed E-state index contributed by atoms with van der Waals surface area (Å²) in [7, 11) is 0. The molecule has 0 heterocycles. The van der Waals surface area contributed by atoms with Gasteiger partial charge in [0.25, 0.3) is 0 Å². The van der Waals surface area contributed by atoms with Crippen LogP contribution in [-0.2, 0) is 4.74 Å². The molecule has 1 N–H and O–H groups in total. The van der Waals surface area contributed by atoms with Crippen LogP contribution in [0.1, 0.15) is 33.6 Å². The van der Waals surface area contributed by atoms with Gasteiger partial charge in [-0.25, -0.2) is 9.18 Å². The third-order valence-electron chi connectivity index (χ3n) is 3.03. The van der Waals surface area contributed by atoms with Crippen LogP contribution >= 0.6 is 15.9 Å². The quantitative estimate of drug-likeness (QED) is 0.882. The van der Waals surface area contributed by atoms with Crippen LogP contribution < -0.4 is 10.1 Å². The van der Waals surface area contributed by atoms with Crippen LogP contribution in [0, 0.1) is 5.82 Å². The first-order valence-corrected chi connectivity index (χ1v) is 7.57. The van der Waals surface area contributed by atoms with E-state index in [2.05, 4.69) is 21.2 Å². The van der Waals surface area contributed by atoms with Crippen molar-refractivity contribution in [2.24, 2.45) is 0 Å².